The third kappa shape index (κ3) is 6.12. The van der Waals surface area contributed by atoms with E-state index in [0.29, 0.717) is 37.7 Å². The minimum absolute atomic E-state index is 0.0814. The molecule has 0 bridgehead atoms. The molecule has 4 rings (SSSR count). The number of nitrogens with zero attached hydrogens (tertiary/aromatic N) is 4. The molecule has 202 valence electrons. The molecule has 2 fully saturated rings. The summed E-state index contributed by atoms with van der Waals surface area (Å²) in [6.45, 7) is 2.01. The van der Waals surface area contributed by atoms with Gasteiger partial charge >= 0.3 is 12.6 Å². The van der Waals surface area contributed by atoms with E-state index < -0.39 is 12.7 Å². The van der Waals surface area contributed by atoms with Gasteiger partial charge in [-0.25, -0.2) is 9.78 Å². The van der Waals surface area contributed by atoms with Crippen LogP contribution in [-0.2, 0) is 0 Å². The van der Waals surface area contributed by atoms with Gasteiger partial charge in [0, 0.05) is 45.3 Å². The normalized spacial score (nSPS) is 18.6. The second-order valence-electron chi connectivity index (χ2n) is 9.79. The quantitative estimate of drug-likeness (QED) is 0.565. The van der Waals surface area contributed by atoms with Gasteiger partial charge in [0.2, 0.25) is 5.89 Å². The van der Waals surface area contributed by atoms with E-state index >= 15 is 0 Å². The molecule has 10 nitrogen and oxygen atoms in total. The van der Waals surface area contributed by atoms with E-state index in [9.17, 15) is 18.4 Å². The second-order valence-corrected chi connectivity index (χ2v) is 9.79. The number of alkyl halides is 2. The zero-order valence-electron chi connectivity index (χ0n) is 21.4. The number of hydrogen-bond donors (Lipinski definition) is 1. The maximum atomic E-state index is 13.5. The van der Waals surface area contributed by atoms with E-state index in [1.165, 1.54) is 23.1 Å². The van der Waals surface area contributed by atoms with Crippen molar-refractivity contribution in [2.45, 2.75) is 45.4 Å². The molecule has 1 saturated heterocycles. The number of hydrogen-bond acceptors (Lipinski definition) is 7. The van der Waals surface area contributed by atoms with E-state index in [-0.39, 0.29) is 46.8 Å². The molecule has 1 aliphatic heterocycles. The number of ether oxygens (including phenoxy) is 2. The van der Waals surface area contributed by atoms with E-state index in [2.05, 4.69) is 9.72 Å². The number of nitrogens with two attached hydrogens (primary N) is 1. The summed E-state index contributed by atoms with van der Waals surface area (Å²) in [5.41, 5.74) is 6.62. The monoisotopic (exact) mass is 521 g/mol. The van der Waals surface area contributed by atoms with Crippen LogP contribution in [0.15, 0.2) is 22.6 Å². The minimum Gasteiger partial charge on any atom is -0.489 e. The van der Waals surface area contributed by atoms with Gasteiger partial charge in [-0.1, -0.05) is 0 Å². The molecule has 2 aromatic rings. The van der Waals surface area contributed by atoms with Crippen molar-refractivity contribution in [2.24, 2.45) is 11.7 Å². The average molecular weight is 522 g/mol. The maximum absolute atomic E-state index is 13.5. The van der Waals surface area contributed by atoms with E-state index in [1.807, 2.05) is 6.92 Å². The van der Waals surface area contributed by atoms with Crippen LogP contribution in [-0.4, -0.2) is 84.6 Å². The van der Waals surface area contributed by atoms with Crippen molar-refractivity contribution >= 4 is 11.9 Å². The molecule has 1 aromatic carbocycles. The zero-order chi connectivity index (χ0) is 26.9. The molecule has 2 heterocycles. The Morgan fingerprint density at radius 2 is 1.97 bits per heavy atom. The number of oxazole rings is 1. The van der Waals surface area contributed by atoms with Crippen LogP contribution in [0.5, 0.6) is 11.5 Å². The first kappa shape index (κ1) is 26.6. The number of carbonyl (C=O) groups is 2. The van der Waals surface area contributed by atoms with Crippen LogP contribution in [0.1, 0.15) is 49.0 Å². The molecule has 12 heteroatoms. The molecule has 0 spiro atoms. The highest BCUT2D eigenvalue weighted by atomic mass is 19.3. The Morgan fingerprint density at radius 3 is 2.57 bits per heavy atom. The van der Waals surface area contributed by atoms with Gasteiger partial charge in [-0.05, 0) is 50.8 Å². The molecule has 2 atom stereocenters. The van der Waals surface area contributed by atoms with Crippen LogP contribution < -0.4 is 15.2 Å². The van der Waals surface area contributed by atoms with Crippen LogP contribution in [0.3, 0.4) is 0 Å². The topological polar surface area (TPSA) is 114 Å². The van der Waals surface area contributed by atoms with Crippen molar-refractivity contribution in [3.05, 3.63) is 29.7 Å². The molecule has 0 radical (unpaired) electrons. The molecule has 1 aliphatic carbocycles. The first-order valence-electron chi connectivity index (χ1n) is 12.3. The van der Waals surface area contributed by atoms with E-state index in [0.717, 1.165) is 12.8 Å². The highest BCUT2D eigenvalue weighted by molar-refractivity contribution is 5.94. The molecule has 2 aliphatic rings. The summed E-state index contributed by atoms with van der Waals surface area (Å²) in [6.07, 6.45) is 2.06. The number of carbonyl (C=O) groups excluding carboxylic acids is 2. The Kier molecular flexibility index (Phi) is 7.86. The van der Waals surface area contributed by atoms with Gasteiger partial charge in [0.1, 0.15) is 0 Å². The number of rotatable bonds is 8. The zero-order valence-corrected chi connectivity index (χ0v) is 21.4. The fourth-order valence-electron chi connectivity index (χ4n) is 4.19. The Morgan fingerprint density at radius 1 is 1.24 bits per heavy atom. The summed E-state index contributed by atoms with van der Waals surface area (Å²) in [5.74, 6) is 0.434. The van der Waals surface area contributed by atoms with Crippen molar-refractivity contribution < 1.29 is 32.3 Å². The number of piperazine rings is 1. The Hall–Kier alpha value is -3.41. The van der Waals surface area contributed by atoms with Crippen LogP contribution in [0.2, 0.25) is 0 Å². The highest BCUT2D eigenvalue weighted by Crippen LogP contribution is 2.37. The molecule has 3 amide bonds. The first-order chi connectivity index (χ1) is 17.5. The lowest BCUT2D eigenvalue weighted by molar-refractivity contribution is -0.0515. The van der Waals surface area contributed by atoms with Crippen LogP contribution in [0.4, 0.5) is 13.6 Å². The summed E-state index contributed by atoms with van der Waals surface area (Å²) in [4.78, 5) is 35.2. The lowest BCUT2D eigenvalue weighted by atomic mass is 10.1. The summed E-state index contributed by atoms with van der Waals surface area (Å²) in [5, 5.41) is 0. The van der Waals surface area contributed by atoms with Crippen LogP contribution >= 0.6 is 0 Å². The van der Waals surface area contributed by atoms with Crippen LogP contribution in [0.25, 0.3) is 11.5 Å². The third-order valence-corrected chi connectivity index (χ3v) is 6.39. The number of urea groups is 1. The van der Waals surface area contributed by atoms with Crippen molar-refractivity contribution in [1.82, 2.24) is 19.7 Å². The SMILES string of the molecule is C[C@H](N)c1oc(-c2ccc(OC(F)F)c(OCC3CC3)c2)nc1C(=O)N1CCN(C(=O)N(C)C)[C@@H](C)C1. The van der Waals surface area contributed by atoms with Crippen molar-refractivity contribution in [3.8, 4) is 23.0 Å². The third-order valence-electron chi connectivity index (χ3n) is 6.39. The average Bonchev–Trinajstić information content (AvgIpc) is 3.57. The van der Waals surface area contributed by atoms with Gasteiger partial charge in [0.25, 0.3) is 5.91 Å². The number of aromatic nitrogens is 1. The molecule has 1 saturated carbocycles. The fraction of sp³-hybridized carbons (Fsp3) is 0.560. The highest BCUT2D eigenvalue weighted by Gasteiger charge is 2.34. The molecular formula is C25H33F2N5O5. The lowest BCUT2D eigenvalue weighted by Crippen LogP contribution is -2.57. The van der Waals surface area contributed by atoms with E-state index in [1.54, 1.807) is 30.8 Å². The smallest absolute Gasteiger partial charge is 0.387 e. The predicted octanol–water partition coefficient (Wildman–Crippen LogP) is 3.58. The molecule has 0 unspecified atom stereocenters. The first-order valence-corrected chi connectivity index (χ1v) is 12.3. The number of amides is 3. The summed E-state index contributed by atoms with van der Waals surface area (Å²) >= 11 is 0. The van der Waals surface area contributed by atoms with Gasteiger partial charge in [-0.15, -0.1) is 0 Å². The van der Waals surface area contributed by atoms with Crippen LogP contribution in [0, 0.1) is 5.92 Å². The Bertz CT molecular complexity index is 1130. The van der Waals surface area contributed by atoms with Gasteiger partial charge in [0.15, 0.2) is 23.0 Å². The minimum atomic E-state index is -3.00. The van der Waals surface area contributed by atoms with Crippen molar-refractivity contribution in [2.75, 3.05) is 40.3 Å². The summed E-state index contributed by atoms with van der Waals surface area (Å²) in [7, 11) is 3.37. The van der Waals surface area contributed by atoms with Crippen molar-refractivity contribution in [1.29, 1.82) is 0 Å². The lowest BCUT2D eigenvalue weighted by Gasteiger charge is -2.40. The summed E-state index contributed by atoms with van der Waals surface area (Å²) < 4.78 is 42.0. The number of benzene rings is 1. The summed E-state index contributed by atoms with van der Waals surface area (Å²) in [6, 6.07) is 3.47. The standard InChI is InChI=1S/C25H33F2N5O5/c1-14-12-31(9-10-32(14)25(34)30(3)4)23(33)20-21(15(2)28)37-22(29-20)17-7-8-18(36-24(26)27)19(11-17)35-13-16-5-6-16/h7-8,11,14-16,24H,5-6,9-10,12-13,28H2,1-4H3/t14-,15-/m0/s1. The molecule has 37 heavy (non-hydrogen) atoms. The van der Waals surface area contributed by atoms with Gasteiger partial charge in [-0.2, -0.15) is 8.78 Å². The largest absolute Gasteiger partial charge is 0.489 e. The molecular weight excluding hydrogens is 488 g/mol. The molecule has 1 aromatic heterocycles. The maximum Gasteiger partial charge on any atom is 0.387 e. The van der Waals surface area contributed by atoms with Gasteiger partial charge in [0.05, 0.1) is 12.6 Å². The Labute approximate surface area is 214 Å². The fourth-order valence-corrected chi connectivity index (χ4v) is 4.19. The van der Waals surface area contributed by atoms with Gasteiger partial charge in [-0.3, -0.25) is 4.79 Å². The second kappa shape index (κ2) is 10.9. The van der Waals surface area contributed by atoms with E-state index in [4.69, 9.17) is 14.9 Å². The van der Waals surface area contributed by atoms with Crippen molar-refractivity contribution in [3.63, 3.8) is 0 Å². The van der Waals surface area contributed by atoms with Gasteiger partial charge < -0.3 is 34.3 Å². The predicted molar refractivity (Wildman–Crippen MR) is 131 cm³/mol. The number of halogens is 2. The molecule has 2 N–H and O–H groups in total. The Balaban J connectivity index is 1.58.